The Bertz CT molecular complexity index is 510. The Hall–Kier alpha value is -1.62. The van der Waals surface area contributed by atoms with E-state index in [1.807, 2.05) is 7.05 Å². The molecule has 3 heterocycles. The number of hydrogen-bond acceptors (Lipinski definition) is 4. The van der Waals surface area contributed by atoms with Gasteiger partial charge in [0.15, 0.2) is 0 Å². The molecule has 0 atom stereocenters. The minimum Gasteiger partial charge on any atom is -0.468 e. The zero-order valence-electron chi connectivity index (χ0n) is 12.1. The Balaban J connectivity index is 1.90. The summed E-state index contributed by atoms with van der Waals surface area (Å²) >= 11 is 0. The van der Waals surface area contributed by atoms with Crippen LogP contribution in [-0.4, -0.2) is 59.5 Å². The minimum absolute atomic E-state index is 0.00268. The maximum absolute atomic E-state index is 12.4. The minimum atomic E-state index is -0.282. The van der Waals surface area contributed by atoms with Gasteiger partial charge in [0.25, 0.3) is 5.91 Å². The number of likely N-dealkylation sites (tertiary alicyclic amines) is 1. The lowest BCUT2D eigenvalue weighted by Gasteiger charge is -2.41. The number of nitrogens with zero attached hydrogens (tertiary/aromatic N) is 3. The van der Waals surface area contributed by atoms with Crippen LogP contribution >= 0.6 is 0 Å². The molecule has 5 nitrogen and oxygen atoms in total. The summed E-state index contributed by atoms with van der Waals surface area (Å²) < 4.78 is 6.22. The number of amides is 1. The highest BCUT2D eigenvalue weighted by Crippen LogP contribution is 2.33. The van der Waals surface area contributed by atoms with Crippen LogP contribution in [0.2, 0.25) is 0 Å². The molecule has 0 aliphatic carbocycles. The number of pyridine rings is 1. The van der Waals surface area contributed by atoms with Gasteiger partial charge in [-0.1, -0.05) is 6.92 Å². The van der Waals surface area contributed by atoms with E-state index in [0.29, 0.717) is 18.0 Å². The lowest BCUT2D eigenvalue weighted by Crippen LogP contribution is -2.53. The Morgan fingerprint density at radius 1 is 1.40 bits per heavy atom. The van der Waals surface area contributed by atoms with Crippen LogP contribution in [0.1, 0.15) is 30.1 Å². The van der Waals surface area contributed by atoms with Gasteiger partial charge >= 0.3 is 0 Å². The molecule has 5 heteroatoms. The number of ether oxygens (including phenoxy) is 1. The molecule has 0 unspecified atom stereocenters. The van der Waals surface area contributed by atoms with E-state index in [0.717, 1.165) is 32.5 Å². The van der Waals surface area contributed by atoms with Gasteiger partial charge in [0, 0.05) is 39.2 Å². The lowest BCUT2D eigenvalue weighted by atomic mass is 9.90. The van der Waals surface area contributed by atoms with Crippen molar-refractivity contribution in [3.8, 4) is 5.88 Å². The first-order valence-electron chi connectivity index (χ1n) is 7.25. The van der Waals surface area contributed by atoms with E-state index in [1.165, 1.54) is 0 Å². The second-order valence-electron chi connectivity index (χ2n) is 5.74. The number of piperidine rings is 1. The van der Waals surface area contributed by atoms with Gasteiger partial charge in [-0.15, -0.1) is 0 Å². The van der Waals surface area contributed by atoms with Crippen LogP contribution in [0.3, 0.4) is 0 Å². The van der Waals surface area contributed by atoms with E-state index in [4.69, 9.17) is 4.74 Å². The number of rotatable bonds is 1. The smallest absolute Gasteiger partial charge is 0.259 e. The maximum Gasteiger partial charge on any atom is 0.259 e. The molecule has 0 radical (unpaired) electrons. The molecule has 20 heavy (non-hydrogen) atoms. The van der Waals surface area contributed by atoms with Gasteiger partial charge in [-0.2, -0.15) is 0 Å². The molecule has 3 rings (SSSR count). The molecule has 2 aliphatic rings. The third-order valence-corrected chi connectivity index (χ3v) is 4.40. The van der Waals surface area contributed by atoms with Crippen molar-refractivity contribution >= 4 is 5.91 Å². The largest absolute Gasteiger partial charge is 0.468 e. The zero-order valence-corrected chi connectivity index (χ0v) is 12.1. The van der Waals surface area contributed by atoms with Crippen LogP contribution in [0.5, 0.6) is 5.88 Å². The van der Waals surface area contributed by atoms with Crippen molar-refractivity contribution in [2.45, 2.75) is 25.4 Å². The molecule has 0 saturated carbocycles. The van der Waals surface area contributed by atoms with Crippen LogP contribution in [0.25, 0.3) is 0 Å². The second kappa shape index (κ2) is 5.05. The number of hydrogen-bond donors (Lipinski definition) is 0. The van der Waals surface area contributed by atoms with Crippen LogP contribution in [0.15, 0.2) is 18.3 Å². The van der Waals surface area contributed by atoms with E-state index in [9.17, 15) is 4.79 Å². The van der Waals surface area contributed by atoms with E-state index in [1.54, 1.807) is 23.2 Å². The molecule has 1 aromatic rings. The highest BCUT2D eigenvalue weighted by molar-refractivity contribution is 5.96. The summed E-state index contributed by atoms with van der Waals surface area (Å²) in [4.78, 5) is 20.8. The fraction of sp³-hybridized carbons (Fsp3) is 0.600. The van der Waals surface area contributed by atoms with Crippen molar-refractivity contribution in [1.29, 1.82) is 0 Å². The van der Waals surface area contributed by atoms with Gasteiger partial charge in [0.05, 0.1) is 6.54 Å². The maximum atomic E-state index is 12.4. The van der Waals surface area contributed by atoms with Crippen molar-refractivity contribution in [2.24, 2.45) is 0 Å². The van der Waals surface area contributed by atoms with Gasteiger partial charge in [-0.25, -0.2) is 4.98 Å². The van der Waals surface area contributed by atoms with Crippen molar-refractivity contribution in [1.82, 2.24) is 14.8 Å². The number of fused-ring (bicyclic) bond motifs is 1. The van der Waals surface area contributed by atoms with Crippen LogP contribution < -0.4 is 4.74 Å². The average Bonchev–Trinajstić information content (AvgIpc) is 2.57. The quantitative estimate of drug-likeness (QED) is 0.777. The van der Waals surface area contributed by atoms with Gasteiger partial charge in [0.1, 0.15) is 11.2 Å². The molecule has 2 aliphatic heterocycles. The van der Waals surface area contributed by atoms with Crippen molar-refractivity contribution < 1.29 is 9.53 Å². The summed E-state index contributed by atoms with van der Waals surface area (Å²) in [6, 6.07) is 3.58. The Morgan fingerprint density at radius 3 is 2.85 bits per heavy atom. The number of carbonyl (C=O) groups excluding carboxylic acids is 1. The van der Waals surface area contributed by atoms with Crippen LogP contribution in [-0.2, 0) is 0 Å². The van der Waals surface area contributed by atoms with Crippen molar-refractivity contribution in [3.63, 3.8) is 0 Å². The van der Waals surface area contributed by atoms with E-state index in [-0.39, 0.29) is 11.5 Å². The van der Waals surface area contributed by atoms with Crippen LogP contribution in [0.4, 0.5) is 0 Å². The standard InChI is InChI=1S/C15H21N3O2/c1-3-18-9-6-15(7-10-18)11-17(2)14(19)12-5-4-8-16-13(12)20-15/h4-5,8H,3,6-7,9-11H2,1-2H3. The molecular formula is C15H21N3O2. The summed E-state index contributed by atoms with van der Waals surface area (Å²) in [5.74, 6) is 0.495. The van der Waals surface area contributed by atoms with Crippen molar-refractivity contribution in [3.05, 3.63) is 23.9 Å². The lowest BCUT2D eigenvalue weighted by molar-refractivity contribution is -0.0130. The fourth-order valence-corrected chi connectivity index (χ4v) is 3.12. The second-order valence-corrected chi connectivity index (χ2v) is 5.74. The normalized spacial score (nSPS) is 22.3. The molecule has 0 bridgehead atoms. The zero-order chi connectivity index (χ0) is 14.2. The van der Waals surface area contributed by atoms with Gasteiger partial charge in [0.2, 0.25) is 5.88 Å². The van der Waals surface area contributed by atoms with Gasteiger partial charge in [-0.3, -0.25) is 4.79 Å². The van der Waals surface area contributed by atoms with Crippen molar-refractivity contribution in [2.75, 3.05) is 33.2 Å². The first kappa shape index (κ1) is 13.4. The molecule has 1 spiro atoms. The van der Waals surface area contributed by atoms with Gasteiger partial charge < -0.3 is 14.5 Å². The van der Waals surface area contributed by atoms with Gasteiger partial charge in [-0.05, 0) is 18.7 Å². The molecule has 0 N–H and O–H groups in total. The predicted molar refractivity (Wildman–Crippen MR) is 75.9 cm³/mol. The highest BCUT2D eigenvalue weighted by atomic mass is 16.5. The Morgan fingerprint density at radius 2 is 2.15 bits per heavy atom. The summed E-state index contributed by atoms with van der Waals surface area (Å²) in [5, 5.41) is 0. The first-order valence-corrected chi connectivity index (χ1v) is 7.25. The predicted octanol–water partition coefficient (Wildman–Crippen LogP) is 1.40. The molecule has 1 amide bonds. The van der Waals surface area contributed by atoms with Crippen LogP contribution in [0, 0.1) is 0 Å². The SMILES string of the molecule is CCN1CCC2(CC1)CN(C)C(=O)c1cccnc1O2. The molecule has 108 valence electrons. The molecule has 1 fully saturated rings. The third kappa shape index (κ3) is 2.26. The summed E-state index contributed by atoms with van der Waals surface area (Å²) in [6.07, 6.45) is 3.56. The van der Waals surface area contributed by atoms with E-state index >= 15 is 0 Å². The topological polar surface area (TPSA) is 45.7 Å². The van der Waals surface area contributed by atoms with E-state index < -0.39 is 0 Å². The summed E-state index contributed by atoms with van der Waals surface area (Å²) in [5.41, 5.74) is 0.292. The molecule has 0 aromatic carbocycles. The first-order chi connectivity index (χ1) is 9.63. The summed E-state index contributed by atoms with van der Waals surface area (Å²) in [6.45, 7) is 5.92. The number of carbonyl (C=O) groups is 1. The fourth-order valence-electron chi connectivity index (χ4n) is 3.12. The number of likely N-dealkylation sites (N-methyl/N-ethyl adjacent to an activating group) is 1. The average molecular weight is 275 g/mol. The Kier molecular flexibility index (Phi) is 3.38. The molecule has 1 aromatic heterocycles. The molecular weight excluding hydrogens is 254 g/mol. The molecule has 1 saturated heterocycles. The third-order valence-electron chi connectivity index (χ3n) is 4.40. The van der Waals surface area contributed by atoms with E-state index in [2.05, 4.69) is 16.8 Å². The highest BCUT2D eigenvalue weighted by Gasteiger charge is 2.42. The summed E-state index contributed by atoms with van der Waals surface area (Å²) in [7, 11) is 1.85. The monoisotopic (exact) mass is 275 g/mol. The number of aromatic nitrogens is 1. The Labute approximate surface area is 119 Å².